The van der Waals surface area contributed by atoms with Crippen molar-refractivity contribution in [3.63, 3.8) is 0 Å². The Morgan fingerprint density at radius 1 is 1.20 bits per heavy atom. The van der Waals surface area contributed by atoms with Crippen LogP contribution in [-0.4, -0.2) is 42.5 Å². The van der Waals surface area contributed by atoms with Crippen LogP contribution in [0.3, 0.4) is 0 Å². The normalized spacial score (nSPS) is 22.7. The molecule has 0 amide bonds. The van der Waals surface area contributed by atoms with Crippen LogP contribution < -0.4 is 5.56 Å². The average Bonchev–Trinajstić information content (AvgIpc) is 3.29. The van der Waals surface area contributed by atoms with Crippen LogP contribution in [0, 0.1) is 5.92 Å². The first kappa shape index (κ1) is 14.7. The van der Waals surface area contributed by atoms with Crippen molar-refractivity contribution in [1.82, 2.24) is 29.4 Å². The molecule has 0 aliphatic carbocycles. The molecule has 25 heavy (non-hydrogen) atoms. The largest absolute Gasteiger partial charge is 0.347 e. The summed E-state index contributed by atoms with van der Waals surface area (Å²) >= 11 is 0. The van der Waals surface area contributed by atoms with Crippen LogP contribution in [0.5, 0.6) is 0 Å². The summed E-state index contributed by atoms with van der Waals surface area (Å²) in [5.41, 5.74) is 3.03. The number of hydrogen-bond donors (Lipinski definition) is 2. The molecule has 0 saturated carbocycles. The lowest BCUT2D eigenvalue weighted by atomic mass is 9.83. The van der Waals surface area contributed by atoms with Gasteiger partial charge in [0.1, 0.15) is 5.82 Å². The summed E-state index contributed by atoms with van der Waals surface area (Å²) in [7, 11) is 0. The van der Waals surface area contributed by atoms with Gasteiger partial charge in [-0.15, -0.1) is 0 Å². The summed E-state index contributed by atoms with van der Waals surface area (Å²) in [4.78, 5) is 30.0. The fourth-order valence-corrected chi connectivity index (χ4v) is 4.38. The van der Waals surface area contributed by atoms with Gasteiger partial charge in [-0.2, -0.15) is 0 Å². The third-order valence-electron chi connectivity index (χ3n) is 5.38. The number of aromatic nitrogens is 5. The van der Waals surface area contributed by atoms with Gasteiger partial charge in [0.15, 0.2) is 0 Å². The monoisotopic (exact) mass is 336 g/mol. The minimum absolute atomic E-state index is 0.0733. The highest BCUT2D eigenvalue weighted by Gasteiger charge is 2.35. The Balaban J connectivity index is 1.46. The van der Waals surface area contributed by atoms with E-state index in [0.29, 0.717) is 23.2 Å². The van der Waals surface area contributed by atoms with Crippen LogP contribution in [0.15, 0.2) is 41.8 Å². The molecule has 1 saturated heterocycles. The van der Waals surface area contributed by atoms with E-state index in [4.69, 9.17) is 0 Å². The number of aromatic amines is 2. The van der Waals surface area contributed by atoms with Crippen molar-refractivity contribution >= 4 is 0 Å². The number of fused-ring (bicyclic) bond motifs is 4. The fourth-order valence-electron chi connectivity index (χ4n) is 4.38. The maximum atomic E-state index is 13.0. The molecule has 0 aromatic carbocycles. The minimum Gasteiger partial charge on any atom is -0.347 e. The van der Waals surface area contributed by atoms with Crippen molar-refractivity contribution in [3.8, 4) is 11.4 Å². The summed E-state index contributed by atoms with van der Waals surface area (Å²) < 4.78 is 1.98. The first-order chi connectivity index (χ1) is 12.3. The number of nitrogens with zero attached hydrogens (tertiary/aromatic N) is 4. The van der Waals surface area contributed by atoms with Gasteiger partial charge in [-0.1, -0.05) is 0 Å². The zero-order chi connectivity index (χ0) is 16.8. The Labute approximate surface area is 144 Å². The molecule has 0 spiro atoms. The van der Waals surface area contributed by atoms with Crippen LogP contribution >= 0.6 is 0 Å². The van der Waals surface area contributed by atoms with Crippen LogP contribution in [0.4, 0.5) is 0 Å². The number of pyridine rings is 1. The quantitative estimate of drug-likeness (QED) is 0.761. The fraction of sp³-hybridized carbons (Fsp3) is 0.389. The van der Waals surface area contributed by atoms with E-state index in [1.165, 1.54) is 6.42 Å². The average molecular weight is 336 g/mol. The van der Waals surface area contributed by atoms with Crippen molar-refractivity contribution in [2.75, 3.05) is 13.1 Å². The lowest BCUT2D eigenvalue weighted by Crippen LogP contribution is -2.47. The molecule has 3 aromatic heterocycles. The summed E-state index contributed by atoms with van der Waals surface area (Å²) in [5.74, 6) is 1.57. The van der Waals surface area contributed by atoms with Gasteiger partial charge in [0, 0.05) is 62.1 Å². The van der Waals surface area contributed by atoms with Gasteiger partial charge in [0.2, 0.25) is 0 Å². The van der Waals surface area contributed by atoms with E-state index in [0.717, 1.165) is 37.6 Å². The summed E-state index contributed by atoms with van der Waals surface area (Å²) in [6.07, 6.45) is 8.21. The van der Waals surface area contributed by atoms with Gasteiger partial charge in [-0.05, 0) is 24.5 Å². The molecule has 3 aromatic rings. The van der Waals surface area contributed by atoms with E-state index in [2.05, 4.69) is 30.9 Å². The third kappa shape index (κ3) is 2.51. The maximum Gasteiger partial charge on any atom is 0.261 e. The number of piperidine rings is 1. The smallest absolute Gasteiger partial charge is 0.261 e. The maximum absolute atomic E-state index is 13.0. The van der Waals surface area contributed by atoms with Gasteiger partial charge < -0.3 is 14.5 Å². The van der Waals surface area contributed by atoms with Crippen LogP contribution in [0.1, 0.15) is 23.7 Å². The SMILES string of the molecule is O=c1c(-c2ncc[nH]2)ccc2n1C[C@H]1C[C@@H]2CN(Cc2cnc[nH]2)C1. The Kier molecular flexibility index (Phi) is 3.34. The van der Waals surface area contributed by atoms with Gasteiger partial charge >= 0.3 is 0 Å². The standard InChI is InChI=1S/C18H20N6O/c25-18-15(17-20-3-4-21-17)1-2-16-13-5-12(8-24(16)18)7-23(9-13)10-14-6-19-11-22-14/h1-4,6,11-13H,5,7-10H2,(H,19,22)(H,20,21)/t12-,13+/m0/s1. The molecule has 0 radical (unpaired) electrons. The number of nitrogens with one attached hydrogen (secondary N) is 2. The minimum atomic E-state index is 0.0733. The number of imidazole rings is 2. The molecular formula is C18H20N6O. The van der Waals surface area contributed by atoms with E-state index < -0.39 is 0 Å². The van der Waals surface area contributed by atoms with Crippen molar-refractivity contribution in [1.29, 1.82) is 0 Å². The van der Waals surface area contributed by atoms with Crippen molar-refractivity contribution < 1.29 is 0 Å². The molecule has 128 valence electrons. The Morgan fingerprint density at radius 2 is 2.16 bits per heavy atom. The molecule has 2 bridgehead atoms. The highest BCUT2D eigenvalue weighted by molar-refractivity contribution is 5.53. The van der Waals surface area contributed by atoms with Gasteiger partial charge in [0.05, 0.1) is 11.9 Å². The van der Waals surface area contributed by atoms with E-state index in [9.17, 15) is 4.79 Å². The van der Waals surface area contributed by atoms with E-state index in [-0.39, 0.29) is 5.56 Å². The highest BCUT2D eigenvalue weighted by atomic mass is 16.1. The van der Waals surface area contributed by atoms with Crippen LogP contribution in [0.2, 0.25) is 0 Å². The van der Waals surface area contributed by atoms with Gasteiger partial charge in [-0.3, -0.25) is 9.69 Å². The summed E-state index contributed by atoms with van der Waals surface area (Å²) in [5, 5.41) is 0. The Hall–Kier alpha value is -2.67. The van der Waals surface area contributed by atoms with Crippen molar-refractivity contribution in [2.24, 2.45) is 5.92 Å². The zero-order valence-corrected chi connectivity index (χ0v) is 13.9. The zero-order valence-electron chi connectivity index (χ0n) is 13.9. The molecule has 7 nitrogen and oxygen atoms in total. The van der Waals surface area contributed by atoms with Gasteiger partial charge in [-0.25, -0.2) is 9.97 Å². The Bertz CT molecular complexity index is 927. The first-order valence-corrected chi connectivity index (χ1v) is 8.71. The number of H-pyrrole nitrogens is 2. The van der Waals surface area contributed by atoms with E-state index >= 15 is 0 Å². The first-order valence-electron chi connectivity index (χ1n) is 8.71. The van der Waals surface area contributed by atoms with E-state index in [1.54, 1.807) is 18.7 Å². The lowest BCUT2D eigenvalue weighted by Gasteiger charge is -2.42. The number of hydrogen-bond acceptors (Lipinski definition) is 4. The van der Waals surface area contributed by atoms with Gasteiger partial charge in [0.25, 0.3) is 5.56 Å². The second kappa shape index (κ2) is 5.70. The lowest BCUT2D eigenvalue weighted by molar-refractivity contribution is 0.113. The van der Waals surface area contributed by atoms with Crippen LogP contribution in [0.25, 0.3) is 11.4 Å². The van der Waals surface area contributed by atoms with Crippen LogP contribution in [-0.2, 0) is 13.1 Å². The molecule has 5 heterocycles. The molecule has 2 N–H and O–H groups in total. The second-order valence-corrected chi connectivity index (χ2v) is 7.09. The van der Waals surface area contributed by atoms with Crippen molar-refractivity contribution in [2.45, 2.75) is 25.4 Å². The highest BCUT2D eigenvalue weighted by Crippen LogP contribution is 2.36. The molecule has 1 fully saturated rings. The molecular weight excluding hydrogens is 316 g/mol. The molecule has 5 rings (SSSR count). The summed E-state index contributed by atoms with van der Waals surface area (Å²) in [6, 6.07) is 4.03. The molecule has 2 aliphatic rings. The molecule has 0 unspecified atom stereocenters. The molecule has 7 heteroatoms. The predicted octanol–water partition coefficient (Wildman–Crippen LogP) is 1.58. The number of rotatable bonds is 3. The van der Waals surface area contributed by atoms with E-state index in [1.807, 2.05) is 16.8 Å². The molecule has 2 atom stereocenters. The molecule has 2 aliphatic heterocycles. The topological polar surface area (TPSA) is 82.6 Å². The summed E-state index contributed by atoms with van der Waals surface area (Å²) in [6.45, 7) is 3.68. The van der Waals surface area contributed by atoms with Crippen molar-refractivity contribution in [3.05, 3.63) is 58.8 Å². The second-order valence-electron chi connectivity index (χ2n) is 7.09. The predicted molar refractivity (Wildman–Crippen MR) is 93.0 cm³/mol. The third-order valence-corrected chi connectivity index (χ3v) is 5.38. The number of likely N-dealkylation sites (tertiary alicyclic amines) is 1. The Morgan fingerprint density at radius 3 is 2.96 bits per heavy atom.